The summed E-state index contributed by atoms with van der Waals surface area (Å²) in [7, 11) is 0. The molecule has 0 radical (unpaired) electrons. The number of Topliss-reactive ketones (excluding diaryl/α,β-unsaturated/α-hetero) is 1. The Labute approximate surface area is 89.6 Å². The predicted octanol–water partition coefficient (Wildman–Crippen LogP) is 0.352. The molecule has 1 amide bonds. The van der Waals surface area contributed by atoms with Crippen LogP contribution in [-0.2, 0) is 9.59 Å². The van der Waals surface area contributed by atoms with Crippen molar-refractivity contribution >= 4 is 11.7 Å². The molecule has 0 aliphatic heterocycles. The Morgan fingerprint density at radius 1 is 1.27 bits per heavy atom. The molecule has 0 bridgehead atoms. The summed E-state index contributed by atoms with van der Waals surface area (Å²) in [5.41, 5.74) is 5.71. The molecule has 15 heavy (non-hydrogen) atoms. The van der Waals surface area contributed by atoms with Crippen LogP contribution in [0.5, 0.6) is 0 Å². The lowest BCUT2D eigenvalue weighted by Gasteiger charge is -2.27. The maximum absolute atomic E-state index is 11.5. The Kier molecular flexibility index (Phi) is 3.05. The van der Waals surface area contributed by atoms with Gasteiger partial charge in [-0.3, -0.25) is 9.59 Å². The molecular weight excluding hydrogens is 192 g/mol. The Hall–Kier alpha value is -0.900. The van der Waals surface area contributed by atoms with Crippen LogP contribution in [0.2, 0.25) is 0 Å². The van der Waals surface area contributed by atoms with E-state index in [1.54, 1.807) is 0 Å². The third-order valence-corrected chi connectivity index (χ3v) is 3.29. The average molecular weight is 210 g/mol. The molecule has 2 fully saturated rings. The van der Waals surface area contributed by atoms with Gasteiger partial charge in [0.15, 0.2) is 0 Å². The first-order chi connectivity index (χ1) is 7.16. The number of carbonyl (C=O) groups is 2. The lowest BCUT2D eigenvalue weighted by atomic mass is 9.80. The van der Waals surface area contributed by atoms with Crippen LogP contribution in [0.15, 0.2) is 0 Å². The summed E-state index contributed by atoms with van der Waals surface area (Å²) in [6.45, 7) is 0. The van der Waals surface area contributed by atoms with Crippen LogP contribution in [0, 0.1) is 5.92 Å². The summed E-state index contributed by atoms with van der Waals surface area (Å²) >= 11 is 0. The fourth-order valence-electron chi connectivity index (χ4n) is 1.85. The molecule has 4 heteroatoms. The lowest BCUT2D eigenvalue weighted by molar-refractivity contribution is -0.139. The topological polar surface area (TPSA) is 72.2 Å². The van der Waals surface area contributed by atoms with E-state index in [1.165, 1.54) is 6.42 Å². The highest BCUT2D eigenvalue weighted by atomic mass is 16.2. The Morgan fingerprint density at radius 3 is 2.40 bits per heavy atom. The van der Waals surface area contributed by atoms with Crippen LogP contribution in [0.3, 0.4) is 0 Å². The molecule has 1 atom stereocenters. The zero-order valence-electron chi connectivity index (χ0n) is 8.87. The molecule has 0 aromatic carbocycles. The molecule has 2 rings (SSSR count). The number of rotatable bonds is 5. The van der Waals surface area contributed by atoms with Gasteiger partial charge >= 0.3 is 0 Å². The Balaban J connectivity index is 1.74. The minimum absolute atomic E-state index is 0.234. The number of hydrogen-bond donors (Lipinski definition) is 2. The molecule has 3 N–H and O–H groups in total. The van der Waals surface area contributed by atoms with E-state index in [2.05, 4.69) is 5.32 Å². The van der Waals surface area contributed by atoms with Crippen LogP contribution in [0.25, 0.3) is 0 Å². The van der Waals surface area contributed by atoms with Crippen LogP contribution < -0.4 is 11.1 Å². The molecule has 2 aliphatic carbocycles. The summed E-state index contributed by atoms with van der Waals surface area (Å²) < 4.78 is 0. The highest BCUT2D eigenvalue weighted by Gasteiger charge is 2.31. The first kappa shape index (κ1) is 10.6. The van der Waals surface area contributed by atoms with Gasteiger partial charge in [-0.1, -0.05) is 19.3 Å². The molecule has 1 unspecified atom stereocenters. The van der Waals surface area contributed by atoms with Crippen LogP contribution in [-0.4, -0.2) is 23.8 Å². The van der Waals surface area contributed by atoms with E-state index in [-0.39, 0.29) is 6.04 Å². The standard InChI is InChI=1S/C11H18N2O2/c12-9(6-7-2-1-3-7)10(14)11(15)13-8-4-5-8/h7-9H,1-6,12H2,(H,13,15). The molecule has 4 nitrogen and oxygen atoms in total. The van der Waals surface area contributed by atoms with E-state index in [1.807, 2.05) is 0 Å². The molecule has 2 aliphatic rings. The fourth-order valence-corrected chi connectivity index (χ4v) is 1.85. The smallest absolute Gasteiger partial charge is 0.289 e. The Bertz CT molecular complexity index is 270. The zero-order chi connectivity index (χ0) is 10.8. The largest absolute Gasteiger partial charge is 0.347 e. The van der Waals surface area contributed by atoms with Crippen LogP contribution in [0.4, 0.5) is 0 Å². The number of amides is 1. The normalized spacial score (nSPS) is 23.0. The first-order valence-corrected chi connectivity index (χ1v) is 5.77. The van der Waals surface area contributed by atoms with Gasteiger partial charge in [0, 0.05) is 6.04 Å². The third kappa shape index (κ3) is 2.78. The van der Waals surface area contributed by atoms with Gasteiger partial charge in [-0.25, -0.2) is 0 Å². The molecular formula is C11H18N2O2. The minimum atomic E-state index is -0.589. The van der Waals surface area contributed by atoms with Crippen molar-refractivity contribution in [3.8, 4) is 0 Å². The average Bonchev–Trinajstić information content (AvgIpc) is 2.93. The van der Waals surface area contributed by atoms with Crippen LogP contribution >= 0.6 is 0 Å². The van der Waals surface area contributed by atoms with Crippen molar-refractivity contribution in [2.24, 2.45) is 11.7 Å². The van der Waals surface area contributed by atoms with Gasteiger partial charge < -0.3 is 11.1 Å². The quantitative estimate of drug-likeness (QED) is 0.643. The lowest BCUT2D eigenvalue weighted by Crippen LogP contribution is -2.44. The second kappa shape index (κ2) is 4.31. The van der Waals surface area contributed by atoms with Crippen molar-refractivity contribution < 1.29 is 9.59 Å². The number of nitrogens with two attached hydrogens (primary N) is 1. The summed E-state index contributed by atoms with van der Waals surface area (Å²) in [6.07, 6.45) is 6.22. The third-order valence-electron chi connectivity index (χ3n) is 3.29. The summed E-state index contributed by atoms with van der Waals surface area (Å²) in [5, 5.41) is 2.68. The zero-order valence-corrected chi connectivity index (χ0v) is 8.87. The monoisotopic (exact) mass is 210 g/mol. The maximum atomic E-state index is 11.5. The Morgan fingerprint density at radius 2 is 1.93 bits per heavy atom. The SMILES string of the molecule is NC(CC1CCC1)C(=O)C(=O)NC1CC1. The van der Waals surface area contributed by atoms with Gasteiger partial charge in [0.25, 0.3) is 5.91 Å². The highest BCUT2D eigenvalue weighted by molar-refractivity contribution is 6.38. The highest BCUT2D eigenvalue weighted by Crippen LogP contribution is 2.30. The second-order valence-electron chi connectivity index (χ2n) is 4.75. The molecule has 0 spiro atoms. The summed E-state index contributed by atoms with van der Waals surface area (Å²) in [5.74, 6) is -0.351. The van der Waals surface area contributed by atoms with Gasteiger partial charge in [0.2, 0.25) is 5.78 Å². The van der Waals surface area contributed by atoms with Gasteiger partial charge in [0.1, 0.15) is 0 Å². The van der Waals surface area contributed by atoms with E-state index < -0.39 is 17.7 Å². The fraction of sp³-hybridized carbons (Fsp3) is 0.818. The van der Waals surface area contributed by atoms with Gasteiger partial charge in [-0.2, -0.15) is 0 Å². The van der Waals surface area contributed by atoms with E-state index >= 15 is 0 Å². The van der Waals surface area contributed by atoms with E-state index in [0.717, 1.165) is 25.7 Å². The minimum Gasteiger partial charge on any atom is -0.347 e. The summed E-state index contributed by atoms with van der Waals surface area (Å²) in [6, 6.07) is -0.355. The molecule has 2 saturated carbocycles. The predicted molar refractivity (Wildman–Crippen MR) is 56.1 cm³/mol. The van der Waals surface area contributed by atoms with Crippen molar-refractivity contribution in [1.29, 1.82) is 0 Å². The molecule has 0 aromatic heterocycles. The molecule has 0 heterocycles. The number of nitrogens with one attached hydrogen (secondary N) is 1. The second-order valence-corrected chi connectivity index (χ2v) is 4.75. The summed E-state index contributed by atoms with van der Waals surface area (Å²) in [4.78, 5) is 22.9. The molecule has 0 aromatic rings. The van der Waals surface area contributed by atoms with Crippen molar-refractivity contribution in [2.45, 2.75) is 50.6 Å². The number of ketones is 1. The molecule has 84 valence electrons. The van der Waals surface area contributed by atoms with E-state index in [4.69, 9.17) is 5.73 Å². The maximum Gasteiger partial charge on any atom is 0.289 e. The van der Waals surface area contributed by atoms with Crippen LogP contribution in [0.1, 0.15) is 38.5 Å². The first-order valence-electron chi connectivity index (χ1n) is 5.77. The van der Waals surface area contributed by atoms with Crippen molar-refractivity contribution in [2.75, 3.05) is 0 Å². The van der Waals surface area contributed by atoms with Gasteiger partial charge in [-0.15, -0.1) is 0 Å². The number of hydrogen-bond acceptors (Lipinski definition) is 3. The van der Waals surface area contributed by atoms with E-state index in [9.17, 15) is 9.59 Å². The van der Waals surface area contributed by atoms with E-state index in [0.29, 0.717) is 12.3 Å². The van der Waals surface area contributed by atoms with Gasteiger partial charge in [-0.05, 0) is 25.2 Å². The molecule has 0 saturated heterocycles. The number of carbonyl (C=O) groups excluding carboxylic acids is 2. The van der Waals surface area contributed by atoms with Crippen molar-refractivity contribution in [3.05, 3.63) is 0 Å². The van der Waals surface area contributed by atoms with Gasteiger partial charge in [0.05, 0.1) is 6.04 Å². The van der Waals surface area contributed by atoms with Crippen molar-refractivity contribution in [1.82, 2.24) is 5.32 Å². The van der Waals surface area contributed by atoms with Crippen molar-refractivity contribution in [3.63, 3.8) is 0 Å².